The van der Waals surface area contributed by atoms with Gasteiger partial charge in [-0.15, -0.1) is 0 Å². The highest BCUT2D eigenvalue weighted by Gasteiger charge is 2.69. The second-order valence-electron chi connectivity index (χ2n) is 13.0. The number of Topliss-reactive ketones (excluding diaryl/α,β-unsaturated/α-hetero) is 1. The van der Waals surface area contributed by atoms with Gasteiger partial charge in [-0.05, 0) is 48.3 Å². The highest BCUT2D eigenvalue weighted by molar-refractivity contribution is 6.37. The molecule has 6 atom stereocenters. The average molecular weight is 546 g/mol. The summed E-state index contributed by atoms with van der Waals surface area (Å²) in [5, 5.41) is 2.81. The fourth-order valence-electron chi connectivity index (χ4n) is 7.39. The van der Waals surface area contributed by atoms with Crippen molar-refractivity contribution >= 4 is 29.5 Å². The first-order valence-electron chi connectivity index (χ1n) is 14.8. The van der Waals surface area contributed by atoms with Gasteiger partial charge in [-0.3, -0.25) is 24.0 Å². The minimum Gasteiger partial charge on any atom is -0.460 e. The van der Waals surface area contributed by atoms with Gasteiger partial charge >= 0.3 is 5.97 Å². The number of amides is 3. The highest BCUT2D eigenvalue weighted by Crippen LogP contribution is 2.65. The number of ether oxygens (including phenoxy) is 2. The summed E-state index contributed by atoms with van der Waals surface area (Å²) in [5.74, 6) is -2.91. The van der Waals surface area contributed by atoms with Gasteiger partial charge in [0.2, 0.25) is 17.6 Å². The molecule has 0 bridgehead atoms. The van der Waals surface area contributed by atoms with Crippen molar-refractivity contribution in [3.63, 3.8) is 0 Å². The van der Waals surface area contributed by atoms with E-state index in [1.54, 1.807) is 4.90 Å². The number of primary amides is 1. The van der Waals surface area contributed by atoms with Crippen molar-refractivity contribution in [3.05, 3.63) is 0 Å². The van der Waals surface area contributed by atoms with Crippen LogP contribution in [0.5, 0.6) is 0 Å². The molecule has 2 saturated heterocycles. The van der Waals surface area contributed by atoms with Gasteiger partial charge in [0.05, 0.1) is 31.6 Å². The van der Waals surface area contributed by atoms with Gasteiger partial charge < -0.3 is 25.4 Å². The average Bonchev–Trinajstić information content (AvgIpc) is 3.62. The first-order chi connectivity index (χ1) is 18.6. The Morgan fingerprint density at radius 1 is 1.05 bits per heavy atom. The van der Waals surface area contributed by atoms with Crippen LogP contribution < -0.4 is 11.1 Å². The molecule has 3 amide bonds. The molecular weight excluding hydrogens is 502 g/mol. The molecule has 5 rings (SSSR count). The minimum absolute atomic E-state index is 0.00592. The summed E-state index contributed by atoms with van der Waals surface area (Å²) in [5.41, 5.74) is 5.18. The number of hydrogen-bond donors (Lipinski definition) is 2. The maximum absolute atomic E-state index is 14.2. The number of nitrogens with zero attached hydrogens (tertiary/aromatic N) is 1. The summed E-state index contributed by atoms with van der Waals surface area (Å²) in [4.78, 5) is 66.8. The smallest absolute Gasteiger partial charge is 0.306 e. The number of ketones is 1. The minimum atomic E-state index is -1.06. The number of carbonyl (C=O) groups is 5. The zero-order valence-corrected chi connectivity index (χ0v) is 23.2. The van der Waals surface area contributed by atoms with Gasteiger partial charge in [0, 0.05) is 13.0 Å². The van der Waals surface area contributed by atoms with Crippen molar-refractivity contribution in [3.8, 4) is 0 Å². The molecule has 0 radical (unpaired) electrons. The Morgan fingerprint density at radius 3 is 2.38 bits per heavy atom. The van der Waals surface area contributed by atoms with Crippen LogP contribution in [0, 0.1) is 35.0 Å². The SMILES string of the molecule is CC1(C)[C@@H]2[C@@H](C(=O)NC(CC3CC3)C(=O)C(N)=O)N(C(=O)[C@@H](CC(=O)OC3CCOC3)C3CCCCC3)C[C@@H]21. The van der Waals surface area contributed by atoms with Crippen LogP contribution in [0.2, 0.25) is 0 Å². The molecule has 10 nitrogen and oxygen atoms in total. The Hall–Kier alpha value is -2.49. The fourth-order valence-corrected chi connectivity index (χ4v) is 7.39. The molecule has 2 unspecified atom stereocenters. The Bertz CT molecular complexity index is 997. The first-order valence-corrected chi connectivity index (χ1v) is 14.8. The van der Waals surface area contributed by atoms with E-state index in [1.165, 1.54) is 0 Å². The molecule has 2 aliphatic heterocycles. The summed E-state index contributed by atoms with van der Waals surface area (Å²) >= 11 is 0. The molecule has 0 aromatic carbocycles. The van der Waals surface area contributed by atoms with E-state index < -0.39 is 41.6 Å². The van der Waals surface area contributed by atoms with Gasteiger partial charge in [0.25, 0.3) is 5.91 Å². The number of likely N-dealkylation sites (tertiary alicyclic amines) is 1. The number of nitrogens with one attached hydrogen (secondary N) is 1. The first kappa shape index (κ1) is 28.1. The van der Waals surface area contributed by atoms with Crippen LogP contribution in [-0.4, -0.2) is 72.3 Å². The van der Waals surface area contributed by atoms with Crippen LogP contribution in [0.3, 0.4) is 0 Å². The molecule has 0 spiro atoms. The zero-order valence-electron chi connectivity index (χ0n) is 23.2. The molecule has 10 heteroatoms. The third-order valence-corrected chi connectivity index (χ3v) is 10.0. The zero-order chi connectivity index (χ0) is 27.9. The third kappa shape index (κ3) is 6.00. The number of carbonyl (C=O) groups excluding carboxylic acids is 5. The Labute approximate surface area is 230 Å². The molecule has 5 aliphatic rings. The van der Waals surface area contributed by atoms with Gasteiger partial charge in [-0.2, -0.15) is 0 Å². The van der Waals surface area contributed by atoms with Gasteiger partial charge in [-0.25, -0.2) is 0 Å². The predicted octanol–water partition coefficient (Wildman–Crippen LogP) is 1.73. The van der Waals surface area contributed by atoms with Gasteiger partial charge in [-0.1, -0.05) is 46.0 Å². The Balaban J connectivity index is 1.34. The van der Waals surface area contributed by atoms with Crippen molar-refractivity contribution in [2.75, 3.05) is 19.8 Å². The fraction of sp³-hybridized carbons (Fsp3) is 0.828. The third-order valence-electron chi connectivity index (χ3n) is 10.0. The number of hydrogen-bond acceptors (Lipinski definition) is 7. The lowest BCUT2D eigenvalue weighted by atomic mass is 9.77. The van der Waals surface area contributed by atoms with E-state index in [2.05, 4.69) is 19.2 Å². The quantitative estimate of drug-likeness (QED) is 0.297. The summed E-state index contributed by atoms with van der Waals surface area (Å²) in [6, 6.07) is -1.72. The van der Waals surface area contributed by atoms with Crippen LogP contribution in [0.1, 0.15) is 78.1 Å². The summed E-state index contributed by atoms with van der Waals surface area (Å²) in [6.07, 6.45) is 7.56. The molecule has 0 aromatic heterocycles. The van der Waals surface area contributed by atoms with Crippen molar-refractivity contribution < 1.29 is 33.4 Å². The van der Waals surface area contributed by atoms with Crippen LogP contribution in [0.25, 0.3) is 0 Å². The van der Waals surface area contributed by atoms with Crippen molar-refractivity contribution in [2.45, 2.75) is 96.2 Å². The molecule has 3 aliphatic carbocycles. The predicted molar refractivity (Wildman–Crippen MR) is 140 cm³/mol. The second-order valence-corrected chi connectivity index (χ2v) is 13.0. The Kier molecular flexibility index (Phi) is 8.04. The maximum Gasteiger partial charge on any atom is 0.306 e. The van der Waals surface area contributed by atoms with Gasteiger partial charge in [0.15, 0.2) is 0 Å². The van der Waals surface area contributed by atoms with Gasteiger partial charge in [0.1, 0.15) is 12.1 Å². The van der Waals surface area contributed by atoms with Crippen LogP contribution in [0.4, 0.5) is 0 Å². The molecular formula is C29H43N3O7. The maximum atomic E-state index is 14.2. The summed E-state index contributed by atoms with van der Waals surface area (Å²) in [6.45, 7) is 5.58. The number of esters is 1. The van der Waals surface area contributed by atoms with Crippen LogP contribution >= 0.6 is 0 Å². The van der Waals surface area contributed by atoms with Crippen LogP contribution in [-0.2, 0) is 33.4 Å². The monoisotopic (exact) mass is 545 g/mol. The van der Waals surface area contributed by atoms with Crippen molar-refractivity contribution in [2.24, 2.45) is 40.7 Å². The molecule has 39 heavy (non-hydrogen) atoms. The lowest BCUT2D eigenvalue weighted by Gasteiger charge is -2.36. The molecule has 0 aromatic rings. The lowest BCUT2D eigenvalue weighted by molar-refractivity contribution is -0.156. The topological polar surface area (TPSA) is 145 Å². The number of rotatable bonds is 11. The van der Waals surface area contributed by atoms with E-state index in [0.717, 1.165) is 44.9 Å². The highest BCUT2D eigenvalue weighted by atomic mass is 16.6. The van der Waals surface area contributed by atoms with E-state index in [-0.39, 0.29) is 47.5 Å². The second kappa shape index (κ2) is 11.2. The Morgan fingerprint density at radius 2 is 1.77 bits per heavy atom. The molecule has 2 heterocycles. The van der Waals surface area contributed by atoms with E-state index in [4.69, 9.17) is 15.2 Å². The van der Waals surface area contributed by atoms with Crippen molar-refractivity contribution in [1.29, 1.82) is 0 Å². The van der Waals surface area contributed by atoms with Crippen molar-refractivity contribution in [1.82, 2.24) is 10.2 Å². The number of piperidine rings is 1. The van der Waals surface area contributed by atoms with E-state index in [1.807, 2.05) is 0 Å². The normalized spacial score (nSPS) is 31.2. The molecule has 3 N–H and O–H groups in total. The molecule has 3 saturated carbocycles. The number of fused-ring (bicyclic) bond motifs is 1. The molecule has 5 fully saturated rings. The molecule has 216 valence electrons. The van der Waals surface area contributed by atoms with E-state index in [0.29, 0.717) is 32.6 Å². The standard InChI is InChI=1S/C29H43N3O7/c1-29(2)20-14-32(24(23(20)29)27(36)31-21(12-16-8-9-16)25(34)26(30)35)28(37)19(17-6-4-3-5-7-17)13-22(33)39-18-10-11-38-15-18/h16-21,23-24H,3-15H2,1-2H3,(H2,30,35)(H,31,36)/t18?,19-,20-,21?,23-,24-/m0/s1. The summed E-state index contributed by atoms with van der Waals surface area (Å²) < 4.78 is 11.0. The summed E-state index contributed by atoms with van der Waals surface area (Å²) in [7, 11) is 0. The number of nitrogens with two attached hydrogens (primary N) is 1. The van der Waals surface area contributed by atoms with E-state index in [9.17, 15) is 24.0 Å². The lowest BCUT2D eigenvalue weighted by Crippen LogP contribution is -2.56. The largest absolute Gasteiger partial charge is 0.460 e. The van der Waals surface area contributed by atoms with E-state index >= 15 is 0 Å². The van der Waals surface area contributed by atoms with Crippen LogP contribution in [0.15, 0.2) is 0 Å².